The molecule has 0 bridgehead atoms. The third-order valence-corrected chi connectivity index (χ3v) is 3.18. The van der Waals surface area contributed by atoms with Gasteiger partial charge in [-0.2, -0.15) is 4.68 Å². The zero-order valence-electron chi connectivity index (χ0n) is 11.0. The van der Waals surface area contributed by atoms with Crippen LogP contribution in [0.15, 0.2) is 29.1 Å². The summed E-state index contributed by atoms with van der Waals surface area (Å²) in [6.45, 7) is 0. The number of hydrogen-bond donors (Lipinski definition) is 1. The fourth-order valence-corrected chi connectivity index (χ4v) is 2.16. The maximum absolute atomic E-state index is 12.2. The lowest BCUT2D eigenvalue weighted by Crippen LogP contribution is -2.20. The van der Waals surface area contributed by atoms with Gasteiger partial charge in [0.1, 0.15) is 5.56 Å². The molecule has 0 spiro atoms. The van der Waals surface area contributed by atoms with E-state index in [1.807, 2.05) is 24.3 Å². The van der Waals surface area contributed by atoms with Crippen LogP contribution in [0.3, 0.4) is 0 Å². The van der Waals surface area contributed by atoms with E-state index >= 15 is 0 Å². The first kappa shape index (κ1) is 12.2. The van der Waals surface area contributed by atoms with Crippen LogP contribution in [-0.2, 0) is 7.05 Å². The lowest BCUT2D eigenvalue weighted by Gasteiger charge is -2.01. The van der Waals surface area contributed by atoms with Crippen LogP contribution in [0.25, 0.3) is 17.0 Å². The van der Waals surface area contributed by atoms with Crippen LogP contribution in [-0.4, -0.2) is 32.7 Å². The van der Waals surface area contributed by atoms with Crippen LogP contribution in [0.1, 0.15) is 10.4 Å². The molecule has 0 radical (unpaired) electrons. The molecule has 0 saturated heterocycles. The third-order valence-electron chi connectivity index (χ3n) is 3.18. The molecule has 0 aliphatic carbocycles. The number of para-hydroxylation sites is 2. The van der Waals surface area contributed by atoms with Gasteiger partial charge >= 0.3 is 0 Å². The van der Waals surface area contributed by atoms with Gasteiger partial charge in [0.25, 0.3) is 5.56 Å². The standard InChI is InChI=1S/C13H12N4O3/c1-16-10-6-4-3-5-9(10)14-13(16)17-12(19)8(7-18)11(15-17)20-2/h3-7,15H,1-2H3. The average molecular weight is 272 g/mol. The summed E-state index contributed by atoms with van der Waals surface area (Å²) in [4.78, 5) is 27.5. The van der Waals surface area contributed by atoms with Crippen molar-refractivity contribution in [1.82, 2.24) is 19.3 Å². The number of fused-ring (bicyclic) bond motifs is 1. The highest BCUT2D eigenvalue weighted by atomic mass is 16.5. The predicted octanol–water partition coefficient (Wildman–Crippen LogP) is 0.873. The number of H-pyrrole nitrogens is 1. The number of aryl methyl sites for hydroxylation is 1. The van der Waals surface area contributed by atoms with Gasteiger partial charge in [-0.05, 0) is 12.1 Å². The minimum Gasteiger partial charge on any atom is -0.481 e. The first-order chi connectivity index (χ1) is 9.67. The molecule has 102 valence electrons. The molecule has 0 saturated carbocycles. The van der Waals surface area contributed by atoms with Gasteiger partial charge in [-0.3, -0.25) is 14.7 Å². The Kier molecular flexibility index (Phi) is 2.67. The molecule has 7 nitrogen and oxygen atoms in total. The van der Waals surface area contributed by atoms with Crippen molar-refractivity contribution in [1.29, 1.82) is 0 Å². The molecule has 20 heavy (non-hydrogen) atoms. The predicted molar refractivity (Wildman–Crippen MR) is 72.6 cm³/mol. The van der Waals surface area contributed by atoms with Crippen molar-refractivity contribution in [3.05, 3.63) is 40.2 Å². The van der Waals surface area contributed by atoms with Gasteiger partial charge in [0, 0.05) is 7.05 Å². The summed E-state index contributed by atoms with van der Waals surface area (Å²) < 4.78 is 7.95. The topological polar surface area (TPSA) is 81.9 Å². The second-order valence-corrected chi connectivity index (χ2v) is 4.28. The second kappa shape index (κ2) is 4.37. The number of rotatable bonds is 3. The Balaban J connectivity index is 2.31. The first-order valence-electron chi connectivity index (χ1n) is 5.93. The fraction of sp³-hybridized carbons (Fsp3) is 0.154. The third kappa shape index (κ3) is 1.56. The molecular weight excluding hydrogens is 260 g/mol. The summed E-state index contributed by atoms with van der Waals surface area (Å²) >= 11 is 0. The number of aromatic nitrogens is 4. The number of nitrogens with zero attached hydrogens (tertiary/aromatic N) is 3. The lowest BCUT2D eigenvalue weighted by atomic mass is 10.3. The molecule has 3 rings (SSSR count). The van der Waals surface area contributed by atoms with Crippen LogP contribution >= 0.6 is 0 Å². The number of carbonyl (C=O) groups excluding carboxylic acids is 1. The maximum atomic E-state index is 12.2. The van der Waals surface area contributed by atoms with Gasteiger partial charge in [0.2, 0.25) is 11.8 Å². The highest BCUT2D eigenvalue weighted by Gasteiger charge is 2.18. The van der Waals surface area contributed by atoms with Gasteiger partial charge in [-0.25, -0.2) is 4.98 Å². The van der Waals surface area contributed by atoms with E-state index in [-0.39, 0.29) is 11.4 Å². The summed E-state index contributed by atoms with van der Waals surface area (Å²) in [7, 11) is 3.18. The number of ether oxygens (including phenoxy) is 1. The quantitative estimate of drug-likeness (QED) is 0.717. The van der Waals surface area contributed by atoms with Crippen molar-refractivity contribution >= 4 is 17.3 Å². The number of imidazole rings is 1. The molecule has 1 N–H and O–H groups in total. The van der Waals surface area contributed by atoms with Gasteiger partial charge in [-0.1, -0.05) is 12.1 Å². The molecule has 0 unspecified atom stereocenters. The van der Waals surface area contributed by atoms with E-state index in [2.05, 4.69) is 10.1 Å². The summed E-state index contributed by atoms with van der Waals surface area (Å²) in [6.07, 6.45) is 0.469. The molecule has 0 aliphatic heterocycles. The minimum atomic E-state index is -0.491. The zero-order valence-corrected chi connectivity index (χ0v) is 11.0. The Morgan fingerprint density at radius 1 is 1.35 bits per heavy atom. The smallest absolute Gasteiger partial charge is 0.288 e. The molecule has 7 heteroatoms. The molecule has 2 heterocycles. The van der Waals surface area contributed by atoms with Crippen molar-refractivity contribution in [3.8, 4) is 11.8 Å². The normalized spacial score (nSPS) is 10.9. The van der Waals surface area contributed by atoms with Crippen LogP contribution in [0.2, 0.25) is 0 Å². The number of methoxy groups -OCH3 is 1. The molecule has 0 fully saturated rings. The van der Waals surface area contributed by atoms with Crippen molar-refractivity contribution in [2.75, 3.05) is 7.11 Å². The molecule has 0 amide bonds. The van der Waals surface area contributed by atoms with Gasteiger partial charge < -0.3 is 9.30 Å². The molecule has 1 aromatic carbocycles. The summed E-state index contributed by atoms with van der Waals surface area (Å²) in [5, 5.41) is 2.74. The van der Waals surface area contributed by atoms with E-state index in [0.29, 0.717) is 12.2 Å². The van der Waals surface area contributed by atoms with Crippen LogP contribution in [0.5, 0.6) is 5.88 Å². The summed E-state index contributed by atoms with van der Waals surface area (Å²) in [5.41, 5.74) is 1.10. The second-order valence-electron chi connectivity index (χ2n) is 4.28. The average Bonchev–Trinajstić information content (AvgIpc) is 2.97. The fourth-order valence-electron chi connectivity index (χ4n) is 2.16. The maximum Gasteiger partial charge on any atom is 0.288 e. The SMILES string of the molecule is COc1[nH]n(-c2nc3ccccc3n2C)c(=O)c1C=O. The Labute approximate surface area is 113 Å². The van der Waals surface area contributed by atoms with E-state index in [4.69, 9.17) is 4.74 Å². The highest BCUT2D eigenvalue weighted by Crippen LogP contribution is 2.17. The number of hydrogen-bond acceptors (Lipinski definition) is 4. The molecule has 3 aromatic rings. The summed E-state index contributed by atoms with van der Waals surface area (Å²) in [6, 6.07) is 7.51. The van der Waals surface area contributed by atoms with Gasteiger partial charge in [-0.15, -0.1) is 0 Å². The van der Waals surface area contributed by atoms with Crippen LogP contribution in [0, 0.1) is 0 Å². The monoisotopic (exact) mass is 272 g/mol. The zero-order chi connectivity index (χ0) is 14.3. The van der Waals surface area contributed by atoms with Crippen LogP contribution in [0.4, 0.5) is 0 Å². The van der Waals surface area contributed by atoms with Gasteiger partial charge in [0.05, 0.1) is 18.1 Å². The van der Waals surface area contributed by atoms with Crippen LogP contribution < -0.4 is 10.3 Å². The number of benzene rings is 1. The van der Waals surface area contributed by atoms with E-state index in [9.17, 15) is 9.59 Å². The van der Waals surface area contributed by atoms with E-state index in [1.165, 1.54) is 11.8 Å². The van der Waals surface area contributed by atoms with Crippen molar-refractivity contribution in [2.24, 2.45) is 7.05 Å². The molecule has 0 atom stereocenters. The molecule has 0 aliphatic rings. The lowest BCUT2D eigenvalue weighted by molar-refractivity contribution is 0.111. The highest BCUT2D eigenvalue weighted by molar-refractivity contribution is 5.79. The van der Waals surface area contributed by atoms with Gasteiger partial charge in [0.15, 0.2) is 6.29 Å². The molecule has 2 aromatic heterocycles. The summed E-state index contributed by atoms with van der Waals surface area (Å²) in [5.74, 6) is 0.514. The first-order valence-corrected chi connectivity index (χ1v) is 5.93. The largest absolute Gasteiger partial charge is 0.481 e. The Hall–Kier alpha value is -2.83. The number of aromatic amines is 1. The van der Waals surface area contributed by atoms with E-state index in [1.54, 1.807) is 11.6 Å². The Bertz CT molecular complexity index is 856. The van der Waals surface area contributed by atoms with Crippen molar-refractivity contribution in [3.63, 3.8) is 0 Å². The minimum absolute atomic E-state index is 0.0560. The van der Waals surface area contributed by atoms with Crippen molar-refractivity contribution < 1.29 is 9.53 Å². The number of nitrogens with one attached hydrogen (secondary N) is 1. The van der Waals surface area contributed by atoms with Crippen molar-refractivity contribution in [2.45, 2.75) is 0 Å². The number of carbonyl (C=O) groups is 1. The number of aldehydes is 1. The van der Waals surface area contributed by atoms with E-state index < -0.39 is 5.56 Å². The Morgan fingerprint density at radius 2 is 2.10 bits per heavy atom. The Morgan fingerprint density at radius 3 is 2.70 bits per heavy atom. The van der Waals surface area contributed by atoms with E-state index in [0.717, 1.165) is 11.0 Å². The molecular formula is C13H12N4O3.